The van der Waals surface area contributed by atoms with Gasteiger partial charge in [0.25, 0.3) is 11.1 Å². The van der Waals surface area contributed by atoms with Gasteiger partial charge < -0.3 is 4.74 Å². The van der Waals surface area contributed by atoms with Gasteiger partial charge in [0.05, 0.1) is 29.9 Å². The van der Waals surface area contributed by atoms with Crippen LogP contribution in [0.5, 0.6) is 5.75 Å². The molecule has 5 aromatic heterocycles. The molecule has 0 aromatic carbocycles. The summed E-state index contributed by atoms with van der Waals surface area (Å²) in [5.41, 5.74) is 0.440. The molecule has 0 radical (unpaired) electrons. The first-order valence-corrected chi connectivity index (χ1v) is 20.0. The topological polar surface area (TPSA) is 59.2 Å². The van der Waals surface area contributed by atoms with E-state index in [0.717, 1.165) is 42.6 Å². The van der Waals surface area contributed by atoms with E-state index in [9.17, 15) is 9.59 Å². The second kappa shape index (κ2) is 13.5. The molecule has 0 saturated heterocycles. The molecule has 1 aliphatic rings. The first-order chi connectivity index (χ1) is 21.7. The Bertz CT molecular complexity index is 1920. The lowest BCUT2D eigenvalue weighted by Gasteiger charge is -2.42. The van der Waals surface area contributed by atoms with Crippen LogP contribution in [0.15, 0.2) is 33.9 Å². The third-order valence-corrected chi connectivity index (χ3v) is 14.5. The van der Waals surface area contributed by atoms with E-state index >= 15 is 0 Å². The Hall–Kier alpha value is -2.26. The zero-order valence-corrected chi connectivity index (χ0v) is 30.7. The average Bonchev–Trinajstić information content (AvgIpc) is 3.80. The number of fused-ring (bicyclic) bond motifs is 6. The minimum absolute atomic E-state index is 0.310. The number of hydrogen-bond acceptors (Lipinski definition) is 7. The Morgan fingerprint density at radius 3 is 1.91 bits per heavy atom. The third kappa shape index (κ3) is 6.24. The van der Waals surface area contributed by atoms with Gasteiger partial charge in [0.1, 0.15) is 11.4 Å². The van der Waals surface area contributed by atoms with Gasteiger partial charge in [-0.25, -0.2) is 0 Å². The van der Waals surface area contributed by atoms with E-state index in [1.54, 1.807) is 34.0 Å². The molecule has 6 rings (SSSR count). The van der Waals surface area contributed by atoms with Crippen LogP contribution in [0.25, 0.3) is 39.7 Å². The van der Waals surface area contributed by atoms with Gasteiger partial charge in [-0.05, 0) is 56.7 Å². The van der Waals surface area contributed by atoms with Crippen LogP contribution in [0.4, 0.5) is 0 Å². The molecule has 0 fully saturated rings. The van der Waals surface area contributed by atoms with Crippen LogP contribution >= 0.6 is 45.3 Å². The van der Waals surface area contributed by atoms with E-state index in [0.29, 0.717) is 22.6 Å². The first kappa shape index (κ1) is 32.7. The molecule has 0 saturated carbocycles. The van der Waals surface area contributed by atoms with Gasteiger partial charge in [-0.3, -0.25) is 14.6 Å². The van der Waals surface area contributed by atoms with Gasteiger partial charge in [-0.1, -0.05) is 79.1 Å². The summed E-state index contributed by atoms with van der Waals surface area (Å²) in [5.74, 6) is 2.24. The van der Waals surface area contributed by atoms with E-state index in [2.05, 4.69) is 51.7 Å². The highest BCUT2D eigenvalue weighted by Crippen LogP contribution is 2.58. The van der Waals surface area contributed by atoms with Crippen LogP contribution in [0.1, 0.15) is 107 Å². The highest BCUT2D eigenvalue weighted by molar-refractivity contribution is 7.31. The molecule has 45 heavy (non-hydrogen) atoms. The molecule has 8 heteroatoms. The number of thiophene rings is 4. The van der Waals surface area contributed by atoms with Crippen LogP contribution in [0, 0.1) is 25.7 Å². The van der Waals surface area contributed by atoms with Crippen molar-refractivity contribution < 1.29 is 4.74 Å². The molecular weight excluding hydrogens is 635 g/mol. The van der Waals surface area contributed by atoms with Crippen molar-refractivity contribution in [3.8, 4) is 25.3 Å². The number of aromatic nitrogens is 1. The number of hydrogen-bond donors (Lipinski definition) is 1. The van der Waals surface area contributed by atoms with Crippen molar-refractivity contribution in [2.75, 3.05) is 0 Å². The van der Waals surface area contributed by atoms with E-state index in [1.807, 2.05) is 30.4 Å². The summed E-state index contributed by atoms with van der Waals surface area (Å²) >= 11 is 6.89. The molecule has 0 aliphatic carbocycles. The molecule has 2 unspecified atom stereocenters. The molecule has 0 spiro atoms. The Kier molecular flexibility index (Phi) is 9.77. The molecule has 1 N–H and O–H groups in total. The SMILES string of the molecule is CCCCC(CC)CC1(CC(CC)CCCC)Oc2cc(-c3cc4c(=O)[nH]c(=O)c5cc(C)sc5c4s3)sc2-c2sc(C)cc21. The minimum Gasteiger partial charge on any atom is -0.481 e. The van der Waals surface area contributed by atoms with Crippen LogP contribution in [0.2, 0.25) is 0 Å². The fraction of sp³-hybridized carbons (Fsp3) is 0.514. The van der Waals surface area contributed by atoms with Crippen molar-refractivity contribution in [2.45, 2.75) is 111 Å². The number of nitrogens with one attached hydrogen (secondary N) is 1. The van der Waals surface area contributed by atoms with Crippen LogP contribution in [0.3, 0.4) is 0 Å². The zero-order valence-electron chi connectivity index (χ0n) is 27.4. The Labute approximate surface area is 282 Å². The monoisotopic (exact) mass is 679 g/mol. The summed E-state index contributed by atoms with van der Waals surface area (Å²) in [6, 6.07) is 8.54. The first-order valence-electron chi connectivity index (χ1n) is 16.7. The van der Waals surface area contributed by atoms with Gasteiger partial charge in [0, 0.05) is 31.1 Å². The van der Waals surface area contributed by atoms with E-state index in [-0.39, 0.29) is 16.7 Å². The van der Waals surface area contributed by atoms with Crippen LogP contribution in [-0.2, 0) is 5.60 Å². The summed E-state index contributed by atoms with van der Waals surface area (Å²) in [6.07, 6.45) is 11.9. The second-order valence-electron chi connectivity index (χ2n) is 13.0. The lowest BCUT2D eigenvalue weighted by Crippen LogP contribution is -2.39. The maximum atomic E-state index is 13.1. The van der Waals surface area contributed by atoms with Crippen molar-refractivity contribution >= 4 is 65.5 Å². The van der Waals surface area contributed by atoms with Gasteiger partial charge in [0.15, 0.2) is 0 Å². The molecule has 0 bridgehead atoms. The van der Waals surface area contributed by atoms with E-state index in [1.165, 1.54) is 71.6 Å². The summed E-state index contributed by atoms with van der Waals surface area (Å²) in [6.45, 7) is 13.5. The molecule has 4 nitrogen and oxygen atoms in total. The average molecular weight is 680 g/mol. The van der Waals surface area contributed by atoms with Crippen molar-refractivity contribution in [3.63, 3.8) is 0 Å². The highest BCUT2D eigenvalue weighted by atomic mass is 32.1. The standard InChI is InChI=1S/C37H45NO3S4/c1-7-11-13-23(9-3)19-37(20-24(10-4)14-12-8-2)27-16-22(6)43-33(27)34-28(41-37)18-30(45-34)29-17-26-32(44-29)31-25(15-21(5)42-31)35(39)38-36(26)40/h15-18,23-24H,7-14,19-20H2,1-6H3,(H,38,39,40). The largest absolute Gasteiger partial charge is 0.481 e. The predicted molar refractivity (Wildman–Crippen MR) is 198 cm³/mol. The second-order valence-corrected chi connectivity index (χ2v) is 17.6. The van der Waals surface area contributed by atoms with Gasteiger partial charge in [-0.15, -0.1) is 45.3 Å². The normalized spacial score (nSPS) is 17.4. The molecule has 240 valence electrons. The zero-order chi connectivity index (χ0) is 31.9. The minimum atomic E-state index is -0.329. The third-order valence-electron chi connectivity index (χ3n) is 9.63. The molecule has 2 atom stereocenters. The van der Waals surface area contributed by atoms with Crippen molar-refractivity contribution in [3.05, 3.63) is 60.3 Å². The van der Waals surface area contributed by atoms with Crippen molar-refractivity contribution in [2.24, 2.45) is 11.8 Å². The number of aromatic amines is 1. The highest BCUT2D eigenvalue weighted by Gasteiger charge is 2.45. The Morgan fingerprint density at radius 1 is 0.711 bits per heavy atom. The summed E-state index contributed by atoms with van der Waals surface area (Å²) in [4.78, 5) is 35.6. The molecule has 5 aromatic rings. The van der Waals surface area contributed by atoms with E-state index in [4.69, 9.17) is 4.74 Å². The number of H-pyrrole nitrogens is 1. The lowest BCUT2D eigenvalue weighted by molar-refractivity contribution is 0.00803. The van der Waals surface area contributed by atoms with Gasteiger partial charge in [0.2, 0.25) is 0 Å². The van der Waals surface area contributed by atoms with Gasteiger partial charge in [-0.2, -0.15) is 0 Å². The summed E-state index contributed by atoms with van der Waals surface area (Å²) < 4.78 is 9.18. The lowest BCUT2D eigenvalue weighted by atomic mass is 9.74. The number of aryl methyl sites for hydroxylation is 2. The molecule has 6 heterocycles. The van der Waals surface area contributed by atoms with Crippen molar-refractivity contribution in [1.82, 2.24) is 4.98 Å². The quantitative estimate of drug-likeness (QED) is 0.135. The fourth-order valence-corrected chi connectivity index (χ4v) is 11.9. The number of unbranched alkanes of at least 4 members (excludes halogenated alkanes) is 2. The summed E-state index contributed by atoms with van der Waals surface area (Å²) in [5, 5.41) is 1.18. The molecule has 0 amide bonds. The number of ether oxygens (including phenoxy) is 1. The van der Waals surface area contributed by atoms with Crippen molar-refractivity contribution in [1.29, 1.82) is 0 Å². The predicted octanol–water partition coefficient (Wildman–Crippen LogP) is 12.0. The van der Waals surface area contributed by atoms with Crippen LogP contribution in [-0.4, -0.2) is 4.98 Å². The maximum absolute atomic E-state index is 13.1. The Morgan fingerprint density at radius 2 is 1.29 bits per heavy atom. The number of rotatable bonds is 13. The fourth-order valence-electron chi connectivity index (χ4n) is 7.16. The maximum Gasteiger partial charge on any atom is 0.259 e. The molecule has 1 aliphatic heterocycles. The Balaban J connectivity index is 1.48. The van der Waals surface area contributed by atoms with E-state index < -0.39 is 0 Å². The van der Waals surface area contributed by atoms with Gasteiger partial charge >= 0.3 is 0 Å². The van der Waals surface area contributed by atoms with Crippen LogP contribution < -0.4 is 15.9 Å². The molecular formula is C37H45NO3S4. The summed E-state index contributed by atoms with van der Waals surface area (Å²) in [7, 11) is 0. The smallest absolute Gasteiger partial charge is 0.259 e.